The summed E-state index contributed by atoms with van der Waals surface area (Å²) in [6.45, 7) is 0.854. The van der Waals surface area contributed by atoms with Gasteiger partial charge in [0.05, 0.1) is 22.3 Å². The van der Waals surface area contributed by atoms with Gasteiger partial charge in [-0.25, -0.2) is 4.79 Å². The molecule has 1 saturated heterocycles. The Bertz CT molecular complexity index is 1200. The van der Waals surface area contributed by atoms with Crippen molar-refractivity contribution in [3.8, 4) is 0 Å². The fourth-order valence-corrected chi connectivity index (χ4v) is 4.10. The molecule has 0 aliphatic carbocycles. The van der Waals surface area contributed by atoms with Gasteiger partial charge in [-0.2, -0.15) is 13.2 Å². The van der Waals surface area contributed by atoms with E-state index in [2.05, 4.69) is 16.0 Å². The van der Waals surface area contributed by atoms with Crippen LogP contribution in [0.5, 0.6) is 0 Å². The van der Waals surface area contributed by atoms with Crippen LogP contribution in [0.4, 0.5) is 23.7 Å². The third-order valence-electron chi connectivity index (χ3n) is 5.64. The number of rotatable bonds is 3. The van der Waals surface area contributed by atoms with Gasteiger partial charge in [0.1, 0.15) is 0 Å². The number of carbonyl (C=O) groups is 4. The summed E-state index contributed by atoms with van der Waals surface area (Å²) in [5.74, 6) is -1.42. The molecule has 1 atom stereocenters. The highest BCUT2D eigenvalue weighted by Crippen LogP contribution is 2.34. The van der Waals surface area contributed by atoms with E-state index in [1.54, 1.807) is 12.1 Å². The first-order chi connectivity index (χ1) is 16.0. The smallest absolute Gasteiger partial charge is 0.306 e. The SMILES string of the molecule is O=C1CCC(N2Cc3ccc(C(=O)NC(=O)Nc4cc(C(F)(F)F)ccc4Cl)cc3C2)C(=O)N1. The Morgan fingerprint density at radius 1 is 1.06 bits per heavy atom. The van der Waals surface area contributed by atoms with Crippen LogP contribution in [0.3, 0.4) is 0 Å². The van der Waals surface area contributed by atoms with Gasteiger partial charge in [0.25, 0.3) is 5.91 Å². The van der Waals surface area contributed by atoms with E-state index >= 15 is 0 Å². The van der Waals surface area contributed by atoms with Crippen molar-refractivity contribution in [2.24, 2.45) is 0 Å². The summed E-state index contributed by atoms with van der Waals surface area (Å²) in [6, 6.07) is 5.74. The lowest BCUT2D eigenvalue weighted by Gasteiger charge is -2.29. The van der Waals surface area contributed by atoms with Crippen LogP contribution >= 0.6 is 11.6 Å². The van der Waals surface area contributed by atoms with E-state index in [0.29, 0.717) is 25.6 Å². The van der Waals surface area contributed by atoms with E-state index in [9.17, 15) is 32.3 Å². The minimum Gasteiger partial charge on any atom is -0.306 e. The second-order valence-electron chi connectivity index (χ2n) is 7.96. The van der Waals surface area contributed by atoms with Crippen molar-refractivity contribution in [1.29, 1.82) is 0 Å². The zero-order chi connectivity index (χ0) is 24.6. The van der Waals surface area contributed by atoms with Crippen molar-refractivity contribution in [1.82, 2.24) is 15.5 Å². The van der Waals surface area contributed by atoms with Crippen molar-refractivity contribution in [2.45, 2.75) is 38.1 Å². The number of anilines is 1. The predicted octanol–water partition coefficient (Wildman–Crippen LogP) is 3.44. The van der Waals surface area contributed by atoms with Crippen molar-refractivity contribution in [3.05, 3.63) is 63.7 Å². The molecule has 1 unspecified atom stereocenters. The van der Waals surface area contributed by atoms with Crippen LogP contribution < -0.4 is 16.0 Å². The lowest BCUT2D eigenvalue weighted by atomic mass is 10.0. The molecule has 2 aliphatic rings. The molecule has 34 heavy (non-hydrogen) atoms. The first-order valence-corrected chi connectivity index (χ1v) is 10.6. The summed E-state index contributed by atoms with van der Waals surface area (Å²) in [6.07, 6.45) is -3.97. The molecule has 2 aliphatic heterocycles. The molecule has 0 radical (unpaired) electrons. The summed E-state index contributed by atoms with van der Waals surface area (Å²) in [4.78, 5) is 50.1. The molecule has 0 bridgehead atoms. The fourth-order valence-electron chi connectivity index (χ4n) is 3.94. The summed E-state index contributed by atoms with van der Waals surface area (Å²) in [5.41, 5.74) is 0.558. The van der Waals surface area contributed by atoms with Gasteiger partial charge in [-0.15, -0.1) is 0 Å². The minimum absolute atomic E-state index is 0.123. The van der Waals surface area contributed by atoms with Crippen molar-refractivity contribution < 1.29 is 32.3 Å². The molecule has 2 aromatic rings. The van der Waals surface area contributed by atoms with E-state index in [1.807, 2.05) is 4.90 Å². The number of imide groups is 2. The summed E-state index contributed by atoms with van der Waals surface area (Å²) >= 11 is 5.86. The van der Waals surface area contributed by atoms with E-state index in [4.69, 9.17) is 11.6 Å². The summed E-state index contributed by atoms with van der Waals surface area (Å²) in [7, 11) is 0. The van der Waals surface area contributed by atoms with Crippen LogP contribution in [0.25, 0.3) is 0 Å². The Hall–Kier alpha value is -3.44. The number of fused-ring (bicyclic) bond motifs is 1. The van der Waals surface area contributed by atoms with E-state index in [-0.39, 0.29) is 34.5 Å². The molecule has 2 heterocycles. The highest BCUT2D eigenvalue weighted by molar-refractivity contribution is 6.33. The molecule has 12 heteroatoms. The van der Waals surface area contributed by atoms with Gasteiger partial charge < -0.3 is 5.32 Å². The quantitative estimate of drug-likeness (QED) is 0.567. The molecular weight excluding hydrogens is 477 g/mol. The topological polar surface area (TPSA) is 108 Å². The van der Waals surface area contributed by atoms with E-state index in [1.165, 1.54) is 6.07 Å². The Morgan fingerprint density at radius 3 is 2.50 bits per heavy atom. The number of urea groups is 1. The second-order valence-corrected chi connectivity index (χ2v) is 8.36. The average molecular weight is 495 g/mol. The first-order valence-electron chi connectivity index (χ1n) is 10.2. The monoisotopic (exact) mass is 494 g/mol. The number of alkyl halides is 3. The van der Waals surface area contributed by atoms with Crippen LogP contribution in [0.1, 0.15) is 39.9 Å². The predicted molar refractivity (Wildman–Crippen MR) is 115 cm³/mol. The van der Waals surface area contributed by atoms with Gasteiger partial charge in [0.15, 0.2) is 0 Å². The number of piperidine rings is 1. The number of benzene rings is 2. The maximum atomic E-state index is 12.9. The van der Waals surface area contributed by atoms with Gasteiger partial charge in [0, 0.05) is 25.1 Å². The molecule has 1 fully saturated rings. The molecule has 8 nitrogen and oxygen atoms in total. The van der Waals surface area contributed by atoms with Crippen LogP contribution in [0.15, 0.2) is 36.4 Å². The molecule has 178 valence electrons. The van der Waals surface area contributed by atoms with Crippen LogP contribution in [-0.2, 0) is 28.9 Å². The van der Waals surface area contributed by atoms with E-state index in [0.717, 1.165) is 23.3 Å². The van der Waals surface area contributed by atoms with Crippen molar-refractivity contribution in [2.75, 3.05) is 5.32 Å². The Kier molecular flexibility index (Phi) is 6.32. The Balaban J connectivity index is 1.40. The highest BCUT2D eigenvalue weighted by Gasteiger charge is 2.35. The van der Waals surface area contributed by atoms with Gasteiger partial charge >= 0.3 is 12.2 Å². The minimum atomic E-state index is -4.63. The van der Waals surface area contributed by atoms with E-state index < -0.39 is 29.7 Å². The number of halogens is 4. The third-order valence-corrected chi connectivity index (χ3v) is 5.96. The maximum Gasteiger partial charge on any atom is 0.416 e. The standard InChI is InChI=1S/C22H18ClF3N4O4/c23-15-4-3-14(22(24,25)26)8-16(15)27-21(34)29-19(32)11-1-2-12-9-30(10-13(12)7-11)17-5-6-18(31)28-20(17)33/h1-4,7-8,17H,5-6,9-10H2,(H,28,31,33)(H2,27,29,32,34). The lowest BCUT2D eigenvalue weighted by molar-refractivity contribution is -0.138. The average Bonchev–Trinajstić information content (AvgIpc) is 3.17. The first kappa shape index (κ1) is 23.7. The van der Waals surface area contributed by atoms with Gasteiger partial charge in [-0.3, -0.25) is 29.9 Å². The van der Waals surface area contributed by atoms with Gasteiger partial charge in [0.2, 0.25) is 11.8 Å². The normalized spacial score (nSPS) is 18.3. The summed E-state index contributed by atoms with van der Waals surface area (Å²) < 4.78 is 38.7. The Labute approximate surface area is 196 Å². The van der Waals surface area contributed by atoms with Gasteiger partial charge in [-0.1, -0.05) is 17.7 Å². The third kappa shape index (κ3) is 5.05. The molecule has 5 amide bonds. The van der Waals surface area contributed by atoms with Crippen LogP contribution in [0.2, 0.25) is 5.02 Å². The van der Waals surface area contributed by atoms with Crippen LogP contribution in [-0.4, -0.2) is 34.7 Å². The van der Waals surface area contributed by atoms with Crippen molar-refractivity contribution in [3.63, 3.8) is 0 Å². The molecule has 0 saturated carbocycles. The number of carbonyl (C=O) groups excluding carboxylic acids is 4. The molecule has 4 rings (SSSR count). The maximum absolute atomic E-state index is 12.9. The number of amides is 5. The van der Waals surface area contributed by atoms with Crippen molar-refractivity contribution >= 4 is 41.0 Å². The molecular formula is C22H18ClF3N4O4. The van der Waals surface area contributed by atoms with Gasteiger partial charge in [-0.05, 0) is 47.9 Å². The highest BCUT2D eigenvalue weighted by atomic mass is 35.5. The molecule has 0 aromatic heterocycles. The second kappa shape index (κ2) is 9.07. The fraction of sp³-hybridized carbons (Fsp3) is 0.273. The number of hydrogen-bond acceptors (Lipinski definition) is 5. The Morgan fingerprint density at radius 2 is 1.79 bits per heavy atom. The number of nitrogens with one attached hydrogen (secondary N) is 3. The molecule has 3 N–H and O–H groups in total. The zero-order valence-electron chi connectivity index (χ0n) is 17.5. The molecule has 0 spiro atoms. The molecule has 2 aromatic carbocycles. The lowest BCUT2D eigenvalue weighted by Crippen LogP contribution is -2.50. The largest absolute Gasteiger partial charge is 0.416 e. The zero-order valence-corrected chi connectivity index (χ0v) is 18.2. The number of nitrogens with zero attached hydrogens (tertiary/aromatic N) is 1. The summed E-state index contributed by atoms with van der Waals surface area (Å²) in [5, 5.41) is 6.41. The number of hydrogen-bond donors (Lipinski definition) is 3. The van der Waals surface area contributed by atoms with Crippen LogP contribution in [0, 0.1) is 0 Å².